The number of rotatable bonds is 2. The normalized spacial score (nSPS) is 9.93. The molecule has 4 nitrogen and oxygen atoms in total. The largest absolute Gasteiger partial charge is 0.507 e. The van der Waals surface area contributed by atoms with Crippen LogP contribution >= 0.6 is 0 Å². The Morgan fingerprint density at radius 2 is 2.00 bits per heavy atom. The summed E-state index contributed by atoms with van der Waals surface area (Å²) in [6.07, 6.45) is 1.47. The number of nitrogens with one attached hydrogen (secondary N) is 1. The van der Waals surface area contributed by atoms with E-state index in [0.717, 1.165) is 5.82 Å². The van der Waals surface area contributed by atoms with Gasteiger partial charge in [-0.3, -0.25) is 0 Å². The van der Waals surface area contributed by atoms with Crippen molar-refractivity contribution in [2.45, 2.75) is 0 Å². The first kappa shape index (κ1) is 9.45. The van der Waals surface area contributed by atoms with Gasteiger partial charge in [0.2, 0.25) is 0 Å². The van der Waals surface area contributed by atoms with E-state index in [9.17, 15) is 5.11 Å². The Morgan fingerprint density at radius 3 is 2.73 bits per heavy atom. The smallest absolute Gasteiger partial charge is 0.129 e. The molecule has 0 aliphatic rings. The van der Waals surface area contributed by atoms with E-state index in [0.29, 0.717) is 11.3 Å². The molecular weight excluding hydrogens is 190 g/mol. The van der Waals surface area contributed by atoms with Gasteiger partial charge in [-0.15, -0.1) is 0 Å². The molecule has 0 aliphatic carbocycles. The summed E-state index contributed by atoms with van der Waals surface area (Å²) in [4.78, 5) is 8.12. The minimum absolute atomic E-state index is 0.221. The van der Waals surface area contributed by atoms with E-state index in [-0.39, 0.29) is 5.75 Å². The number of para-hydroxylation sites is 1. The van der Waals surface area contributed by atoms with Crippen LogP contribution in [0.4, 0.5) is 5.82 Å². The molecule has 15 heavy (non-hydrogen) atoms. The first-order valence-electron chi connectivity index (χ1n) is 4.59. The zero-order valence-electron chi connectivity index (χ0n) is 8.31. The highest BCUT2D eigenvalue weighted by Gasteiger charge is 2.04. The van der Waals surface area contributed by atoms with Crippen molar-refractivity contribution in [3.05, 3.63) is 36.7 Å². The van der Waals surface area contributed by atoms with Crippen molar-refractivity contribution >= 4 is 5.82 Å². The zero-order chi connectivity index (χ0) is 10.7. The zero-order valence-corrected chi connectivity index (χ0v) is 8.31. The van der Waals surface area contributed by atoms with Gasteiger partial charge in [-0.2, -0.15) is 0 Å². The molecule has 0 saturated carbocycles. The first-order valence-corrected chi connectivity index (χ1v) is 4.59. The molecule has 0 unspecified atom stereocenters. The van der Waals surface area contributed by atoms with Gasteiger partial charge in [-0.1, -0.05) is 12.1 Å². The van der Waals surface area contributed by atoms with Crippen molar-refractivity contribution in [1.29, 1.82) is 0 Å². The van der Waals surface area contributed by atoms with Crippen molar-refractivity contribution in [2.24, 2.45) is 0 Å². The van der Waals surface area contributed by atoms with E-state index in [1.807, 2.05) is 12.1 Å². The second kappa shape index (κ2) is 3.96. The third-order valence-corrected chi connectivity index (χ3v) is 2.10. The molecule has 0 atom stereocenters. The average molecular weight is 201 g/mol. The van der Waals surface area contributed by atoms with E-state index >= 15 is 0 Å². The maximum absolute atomic E-state index is 9.65. The number of hydrogen-bond donors (Lipinski definition) is 2. The molecule has 2 rings (SSSR count). The Hall–Kier alpha value is -2.10. The minimum Gasteiger partial charge on any atom is -0.507 e. The van der Waals surface area contributed by atoms with Crippen LogP contribution in [0.1, 0.15) is 0 Å². The highest BCUT2D eigenvalue weighted by atomic mass is 16.3. The molecule has 0 amide bonds. The summed E-state index contributed by atoms with van der Waals surface area (Å²) in [5, 5.41) is 12.6. The second-order valence-corrected chi connectivity index (χ2v) is 3.06. The predicted octanol–water partition coefficient (Wildman–Crippen LogP) is 1.89. The van der Waals surface area contributed by atoms with Crippen molar-refractivity contribution in [2.75, 3.05) is 12.4 Å². The molecule has 1 aromatic heterocycles. The molecule has 4 heteroatoms. The van der Waals surface area contributed by atoms with E-state index < -0.39 is 0 Å². The molecule has 0 saturated heterocycles. The summed E-state index contributed by atoms with van der Waals surface area (Å²) in [7, 11) is 1.79. The number of anilines is 1. The van der Waals surface area contributed by atoms with Crippen molar-refractivity contribution in [3.63, 3.8) is 0 Å². The van der Waals surface area contributed by atoms with E-state index in [2.05, 4.69) is 15.3 Å². The van der Waals surface area contributed by atoms with E-state index in [1.165, 1.54) is 6.33 Å². The third-order valence-electron chi connectivity index (χ3n) is 2.10. The molecule has 0 spiro atoms. The van der Waals surface area contributed by atoms with Gasteiger partial charge >= 0.3 is 0 Å². The van der Waals surface area contributed by atoms with Gasteiger partial charge in [0.1, 0.15) is 17.9 Å². The SMILES string of the molecule is CNc1cc(-c2ccccc2O)ncn1. The lowest BCUT2D eigenvalue weighted by Gasteiger charge is -2.04. The van der Waals surface area contributed by atoms with Crippen LogP contribution in [0.15, 0.2) is 36.7 Å². The van der Waals surface area contributed by atoms with Crippen LogP contribution in [0.2, 0.25) is 0 Å². The molecular formula is C11H11N3O. The van der Waals surface area contributed by atoms with Gasteiger partial charge in [0.05, 0.1) is 5.69 Å². The number of aromatic hydroxyl groups is 1. The van der Waals surface area contributed by atoms with Gasteiger partial charge < -0.3 is 10.4 Å². The maximum Gasteiger partial charge on any atom is 0.129 e. The molecule has 2 N–H and O–H groups in total. The predicted molar refractivity (Wildman–Crippen MR) is 58.7 cm³/mol. The number of phenolic OH excluding ortho intramolecular Hbond substituents is 1. The standard InChI is InChI=1S/C11H11N3O/c1-12-11-6-9(13-7-14-11)8-4-2-3-5-10(8)15/h2-7,15H,1H3,(H,12,13,14). The first-order chi connectivity index (χ1) is 7.31. The lowest BCUT2D eigenvalue weighted by atomic mass is 10.1. The van der Waals surface area contributed by atoms with Crippen LogP contribution in [0.5, 0.6) is 5.75 Å². The van der Waals surface area contributed by atoms with E-state index in [1.54, 1.807) is 25.2 Å². The van der Waals surface area contributed by atoms with Gasteiger partial charge in [-0.05, 0) is 12.1 Å². The van der Waals surface area contributed by atoms with Gasteiger partial charge in [0.15, 0.2) is 0 Å². The molecule has 1 heterocycles. The summed E-state index contributed by atoms with van der Waals surface area (Å²) in [5.41, 5.74) is 1.41. The van der Waals surface area contributed by atoms with Crippen molar-refractivity contribution < 1.29 is 5.11 Å². The topological polar surface area (TPSA) is 58.0 Å². The molecule has 1 aromatic carbocycles. The van der Waals surface area contributed by atoms with Crippen molar-refractivity contribution in [1.82, 2.24) is 9.97 Å². The second-order valence-electron chi connectivity index (χ2n) is 3.06. The minimum atomic E-state index is 0.221. The number of phenols is 1. The lowest BCUT2D eigenvalue weighted by Crippen LogP contribution is -1.94. The highest BCUT2D eigenvalue weighted by molar-refractivity contribution is 5.68. The third kappa shape index (κ3) is 1.88. The quantitative estimate of drug-likeness (QED) is 0.779. The Labute approximate surface area is 87.6 Å². The van der Waals surface area contributed by atoms with Crippen LogP contribution in [0, 0.1) is 0 Å². The van der Waals surface area contributed by atoms with Crippen LogP contribution in [-0.4, -0.2) is 22.1 Å². The van der Waals surface area contributed by atoms with Crippen LogP contribution in [0.25, 0.3) is 11.3 Å². The summed E-state index contributed by atoms with van der Waals surface area (Å²) in [6.45, 7) is 0. The maximum atomic E-state index is 9.65. The van der Waals surface area contributed by atoms with Crippen LogP contribution in [-0.2, 0) is 0 Å². The molecule has 2 aromatic rings. The summed E-state index contributed by atoms with van der Waals surface area (Å²) in [6, 6.07) is 8.87. The molecule has 0 aliphatic heterocycles. The number of aromatic nitrogens is 2. The average Bonchev–Trinajstić information content (AvgIpc) is 2.30. The van der Waals surface area contributed by atoms with Gasteiger partial charge in [-0.25, -0.2) is 9.97 Å². The Kier molecular flexibility index (Phi) is 2.49. The summed E-state index contributed by atoms with van der Waals surface area (Å²) >= 11 is 0. The molecule has 0 bridgehead atoms. The Bertz CT molecular complexity index is 471. The fourth-order valence-corrected chi connectivity index (χ4v) is 1.33. The number of nitrogens with zero attached hydrogens (tertiary/aromatic N) is 2. The van der Waals surface area contributed by atoms with Crippen LogP contribution in [0.3, 0.4) is 0 Å². The van der Waals surface area contributed by atoms with E-state index in [4.69, 9.17) is 0 Å². The number of benzene rings is 1. The number of hydrogen-bond acceptors (Lipinski definition) is 4. The summed E-state index contributed by atoms with van der Waals surface area (Å²) in [5.74, 6) is 0.946. The monoisotopic (exact) mass is 201 g/mol. The Balaban J connectivity index is 2.49. The van der Waals surface area contributed by atoms with Crippen LogP contribution < -0.4 is 5.32 Å². The molecule has 0 fully saturated rings. The van der Waals surface area contributed by atoms with Crippen molar-refractivity contribution in [3.8, 4) is 17.0 Å². The fraction of sp³-hybridized carbons (Fsp3) is 0.0909. The molecule has 76 valence electrons. The summed E-state index contributed by atoms with van der Waals surface area (Å²) < 4.78 is 0. The van der Waals surface area contributed by atoms with Gasteiger partial charge in [0.25, 0.3) is 0 Å². The Morgan fingerprint density at radius 1 is 1.20 bits per heavy atom. The molecule has 0 radical (unpaired) electrons. The van der Waals surface area contributed by atoms with Gasteiger partial charge in [0, 0.05) is 18.7 Å². The fourth-order valence-electron chi connectivity index (χ4n) is 1.33. The lowest BCUT2D eigenvalue weighted by molar-refractivity contribution is 0.477. The highest BCUT2D eigenvalue weighted by Crippen LogP contribution is 2.27.